The van der Waals surface area contributed by atoms with E-state index >= 15 is 0 Å². The minimum absolute atomic E-state index is 0.324. The Balaban J connectivity index is 2.30. The van der Waals surface area contributed by atoms with Crippen LogP contribution in [0.2, 0.25) is 0 Å². The molecule has 0 saturated carbocycles. The van der Waals surface area contributed by atoms with Crippen molar-refractivity contribution in [2.45, 2.75) is 32.6 Å². The van der Waals surface area contributed by atoms with Crippen LogP contribution in [0.25, 0.3) is 11.0 Å². The molecule has 0 saturated heterocycles. The van der Waals surface area contributed by atoms with Gasteiger partial charge in [-0.15, -0.1) is 0 Å². The molecular formula is C17H18N2O2S. The van der Waals surface area contributed by atoms with Crippen molar-refractivity contribution >= 4 is 21.1 Å². The Bertz CT molecular complexity index is 985. The van der Waals surface area contributed by atoms with Gasteiger partial charge in [0, 0.05) is 0 Å². The maximum absolute atomic E-state index is 13.0. The van der Waals surface area contributed by atoms with Crippen LogP contribution in [0, 0.1) is 27.7 Å². The average Bonchev–Trinajstić information content (AvgIpc) is 2.85. The first kappa shape index (κ1) is 14.8. The summed E-state index contributed by atoms with van der Waals surface area (Å²) in [6.45, 7) is 7.66. The van der Waals surface area contributed by atoms with Crippen LogP contribution in [0.3, 0.4) is 0 Å². The fraction of sp³-hybridized carbons (Fsp3) is 0.235. The van der Waals surface area contributed by atoms with Crippen molar-refractivity contribution in [1.82, 2.24) is 8.96 Å². The fourth-order valence-electron chi connectivity index (χ4n) is 2.53. The van der Waals surface area contributed by atoms with E-state index in [0.717, 1.165) is 22.3 Å². The molecule has 114 valence electrons. The van der Waals surface area contributed by atoms with Crippen molar-refractivity contribution in [3.05, 3.63) is 58.9 Å². The quantitative estimate of drug-likeness (QED) is 0.727. The van der Waals surface area contributed by atoms with E-state index in [1.165, 1.54) is 10.3 Å². The van der Waals surface area contributed by atoms with Gasteiger partial charge in [0.1, 0.15) is 6.33 Å². The molecule has 0 atom stereocenters. The Morgan fingerprint density at radius 1 is 0.909 bits per heavy atom. The summed E-state index contributed by atoms with van der Waals surface area (Å²) < 4.78 is 27.3. The molecule has 5 heteroatoms. The molecular weight excluding hydrogens is 296 g/mol. The van der Waals surface area contributed by atoms with Crippen LogP contribution in [-0.2, 0) is 10.0 Å². The Hall–Kier alpha value is -2.14. The van der Waals surface area contributed by atoms with E-state index in [0.29, 0.717) is 15.9 Å². The van der Waals surface area contributed by atoms with Gasteiger partial charge in [0.15, 0.2) is 0 Å². The number of imidazole rings is 1. The Morgan fingerprint density at radius 2 is 1.59 bits per heavy atom. The van der Waals surface area contributed by atoms with Crippen LogP contribution in [-0.4, -0.2) is 17.4 Å². The number of aromatic nitrogens is 2. The van der Waals surface area contributed by atoms with E-state index in [9.17, 15) is 8.42 Å². The van der Waals surface area contributed by atoms with Gasteiger partial charge in [-0.05, 0) is 68.1 Å². The molecule has 3 rings (SSSR count). The average molecular weight is 314 g/mol. The molecule has 0 unspecified atom stereocenters. The maximum atomic E-state index is 13.0. The summed E-state index contributed by atoms with van der Waals surface area (Å²) in [4.78, 5) is 4.57. The molecule has 0 N–H and O–H groups in total. The molecule has 4 nitrogen and oxygen atoms in total. The zero-order valence-corrected chi connectivity index (χ0v) is 13.9. The van der Waals surface area contributed by atoms with Gasteiger partial charge >= 0.3 is 0 Å². The van der Waals surface area contributed by atoms with Crippen LogP contribution in [0.4, 0.5) is 0 Å². The van der Waals surface area contributed by atoms with E-state index in [4.69, 9.17) is 0 Å². The number of benzene rings is 2. The third kappa shape index (κ3) is 2.22. The molecule has 1 heterocycles. The summed E-state index contributed by atoms with van der Waals surface area (Å²) in [5.74, 6) is 0. The summed E-state index contributed by atoms with van der Waals surface area (Å²) >= 11 is 0. The van der Waals surface area contributed by atoms with E-state index in [-0.39, 0.29) is 0 Å². The third-order valence-electron chi connectivity index (χ3n) is 4.01. The summed E-state index contributed by atoms with van der Waals surface area (Å²) in [6.07, 6.45) is 1.39. The first-order chi connectivity index (χ1) is 10.3. The largest absolute Gasteiger partial charge is 0.269 e. The van der Waals surface area contributed by atoms with Gasteiger partial charge in [-0.2, -0.15) is 0 Å². The maximum Gasteiger partial charge on any atom is 0.269 e. The number of fused-ring (bicyclic) bond motifs is 1. The van der Waals surface area contributed by atoms with Gasteiger partial charge in [-0.25, -0.2) is 17.4 Å². The molecule has 1 aromatic heterocycles. The van der Waals surface area contributed by atoms with E-state index in [1.807, 2.05) is 45.0 Å². The molecule has 0 aliphatic carbocycles. The van der Waals surface area contributed by atoms with Crippen LogP contribution >= 0.6 is 0 Å². The number of hydrogen-bond donors (Lipinski definition) is 0. The van der Waals surface area contributed by atoms with Crippen molar-refractivity contribution in [2.24, 2.45) is 0 Å². The van der Waals surface area contributed by atoms with Gasteiger partial charge in [0.2, 0.25) is 0 Å². The lowest BCUT2D eigenvalue weighted by atomic mass is 10.1. The molecule has 0 aliphatic rings. The van der Waals surface area contributed by atoms with Gasteiger partial charge in [-0.1, -0.05) is 12.1 Å². The predicted molar refractivity (Wildman–Crippen MR) is 87.7 cm³/mol. The SMILES string of the molecule is Cc1ccc(C)c(S(=O)(=O)n2cnc3cc(C)c(C)cc32)c1. The summed E-state index contributed by atoms with van der Waals surface area (Å²) in [5, 5.41) is 0. The standard InChI is InChI=1S/C17H18N2O2S/c1-11-5-6-12(2)17(7-11)22(20,21)19-10-18-15-8-13(3)14(4)9-16(15)19/h5-10H,1-4H3. The van der Waals surface area contributed by atoms with Crippen molar-refractivity contribution in [3.63, 3.8) is 0 Å². The van der Waals surface area contributed by atoms with Crippen molar-refractivity contribution < 1.29 is 8.42 Å². The number of nitrogens with zero attached hydrogens (tertiary/aromatic N) is 2. The molecule has 0 bridgehead atoms. The Morgan fingerprint density at radius 3 is 2.32 bits per heavy atom. The lowest BCUT2D eigenvalue weighted by molar-refractivity contribution is 0.588. The minimum Gasteiger partial charge on any atom is -0.236 e. The highest BCUT2D eigenvalue weighted by Crippen LogP contribution is 2.25. The summed E-state index contributed by atoms with van der Waals surface area (Å²) in [7, 11) is -3.65. The molecule has 0 spiro atoms. The second-order valence-electron chi connectivity index (χ2n) is 5.74. The van der Waals surface area contributed by atoms with E-state index < -0.39 is 10.0 Å². The third-order valence-corrected chi connectivity index (χ3v) is 5.82. The molecule has 0 radical (unpaired) electrons. The van der Waals surface area contributed by atoms with Crippen LogP contribution < -0.4 is 0 Å². The summed E-state index contributed by atoms with van der Waals surface area (Å²) in [5.41, 5.74) is 5.10. The highest BCUT2D eigenvalue weighted by molar-refractivity contribution is 7.90. The lowest BCUT2D eigenvalue weighted by Crippen LogP contribution is -2.13. The highest BCUT2D eigenvalue weighted by Gasteiger charge is 2.22. The van der Waals surface area contributed by atoms with Crippen molar-refractivity contribution in [2.75, 3.05) is 0 Å². The zero-order valence-electron chi connectivity index (χ0n) is 13.1. The molecule has 0 amide bonds. The molecule has 0 fully saturated rings. The zero-order chi connectivity index (χ0) is 16.1. The Kier molecular flexibility index (Phi) is 3.33. The van der Waals surface area contributed by atoms with Gasteiger partial charge in [0.25, 0.3) is 10.0 Å². The van der Waals surface area contributed by atoms with Crippen molar-refractivity contribution in [1.29, 1.82) is 0 Å². The minimum atomic E-state index is -3.65. The molecule has 3 aromatic rings. The van der Waals surface area contributed by atoms with Crippen LogP contribution in [0.1, 0.15) is 22.3 Å². The second-order valence-corrected chi connectivity index (χ2v) is 7.52. The van der Waals surface area contributed by atoms with E-state index in [2.05, 4.69) is 4.98 Å². The Labute approximate surface area is 130 Å². The number of hydrogen-bond acceptors (Lipinski definition) is 3. The van der Waals surface area contributed by atoms with Gasteiger partial charge in [-0.3, -0.25) is 0 Å². The van der Waals surface area contributed by atoms with Gasteiger partial charge < -0.3 is 0 Å². The molecule has 22 heavy (non-hydrogen) atoms. The smallest absolute Gasteiger partial charge is 0.236 e. The summed E-state index contributed by atoms with van der Waals surface area (Å²) in [6, 6.07) is 9.24. The normalized spacial score (nSPS) is 12.0. The van der Waals surface area contributed by atoms with Crippen LogP contribution in [0.15, 0.2) is 41.6 Å². The monoisotopic (exact) mass is 314 g/mol. The first-order valence-corrected chi connectivity index (χ1v) is 8.52. The first-order valence-electron chi connectivity index (χ1n) is 7.08. The highest BCUT2D eigenvalue weighted by atomic mass is 32.2. The predicted octanol–water partition coefficient (Wildman–Crippen LogP) is 3.51. The van der Waals surface area contributed by atoms with Gasteiger partial charge in [0.05, 0.1) is 15.9 Å². The topological polar surface area (TPSA) is 52.0 Å². The number of rotatable bonds is 2. The second kappa shape index (κ2) is 4.95. The molecule has 0 aliphatic heterocycles. The van der Waals surface area contributed by atoms with Crippen molar-refractivity contribution in [3.8, 4) is 0 Å². The fourth-order valence-corrected chi connectivity index (χ4v) is 4.12. The lowest BCUT2D eigenvalue weighted by Gasteiger charge is -2.11. The van der Waals surface area contributed by atoms with E-state index in [1.54, 1.807) is 13.0 Å². The molecule has 2 aromatic carbocycles. The number of aryl methyl sites for hydroxylation is 4. The van der Waals surface area contributed by atoms with Crippen LogP contribution in [0.5, 0.6) is 0 Å².